The van der Waals surface area contributed by atoms with Gasteiger partial charge in [0, 0.05) is 13.1 Å². The highest BCUT2D eigenvalue weighted by molar-refractivity contribution is 7.15. The molecule has 1 unspecified atom stereocenters. The third-order valence-corrected chi connectivity index (χ3v) is 3.99. The predicted octanol–water partition coefficient (Wildman–Crippen LogP) is 2.95. The number of hydrogen-bond acceptors (Lipinski definition) is 3. The summed E-state index contributed by atoms with van der Waals surface area (Å²) in [7, 11) is 0. The molecule has 0 spiro atoms. The van der Waals surface area contributed by atoms with E-state index >= 15 is 0 Å². The standard InChI is InChI=1S/C13H19NO3S/c1-4-9(3)8-14(5-2)12(15)10-6-7-11(18-10)13(16)17/h6-7,9H,4-5,8H2,1-3H3,(H,16,17). The molecule has 1 amide bonds. The summed E-state index contributed by atoms with van der Waals surface area (Å²) in [5.74, 6) is -0.605. The van der Waals surface area contributed by atoms with Crippen LogP contribution in [-0.2, 0) is 0 Å². The second kappa shape index (κ2) is 6.54. The summed E-state index contributed by atoms with van der Waals surface area (Å²) in [6.45, 7) is 7.49. The van der Waals surface area contributed by atoms with Gasteiger partial charge < -0.3 is 10.0 Å². The SMILES string of the molecule is CCC(C)CN(CC)C(=O)c1ccc(C(=O)O)s1. The molecular formula is C13H19NO3S. The highest BCUT2D eigenvalue weighted by Gasteiger charge is 2.19. The van der Waals surface area contributed by atoms with Crippen LogP contribution in [-0.4, -0.2) is 35.0 Å². The van der Waals surface area contributed by atoms with Crippen LogP contribution in [0.1, 0.15) is 46.5 Å². The highest BCUT2D eigenvalue weighted by Crippen LogP contribution is 2.19. The Morgan fingerprint density at radius 2 is 1.94 bits per heavy atom. The fraction of sp³-hybridized carbons (Fsp3) is 0.538. The number of carbonyl (C=O) groups excluding carboxylic acids is 1. The van der Waals surface area contributed by atoms with Crippen molar-refractivity contribution in [1.82, 2.24) is 4.90 Å². The average molecular weight is 269 g/mol. The van der Waals surface area contributed by atoms with Crippen molar-refractivity contribution in [3.05, 3.63) is 21.9 Å². The van der Waals surface area contributed by atoms with Gasteiger partial charge in [-0.3, -0.25) is 4.79 Å². The molecule has 0 saturated carbocycles. The van der Waals surface area contributed by atoms with Gasteiger partial charge in [-0.1, -0.05) is 20.3 Å². The molecule has 100 valence electrons. The van der Waals surface area contributed by atoms with Crippen LogP contribution >= 0.6 is 11.3 Å². The van der Waals surface area contributed by atoms with Crippen molar-refractivity contribution >= 4 is 23.2 Å². The van der Waals surface area contributed by atoms with Gasteiger partial charge in [0.2, 0.25) is 0 Å². The quantitative estimate of drug-likeness (QED) is 0.863. The molecule has 1 rings (SSSR count). The van der Waals surface area contributed by atoms with Crippen molar-refractivity contribution in [3.63, 3.8) is 0 Å². The maximum Gasteiger partial charge on any atom is 0.345 e. The summed E-state index contributed by atoms with van der Waals surface area (Å²) in [6, 6.07) is 3.08. The maximum absolute atomic E-state index is 12.2. The van der Waals surface area contributed by atoms with Crippen molar-refractivity contribution in [2.75, 3.05) is 13.1 Å². The first-order chi connectivity index (χ1) is 8.49. The molecule has 1 atom stereocenters. The van der Waals surface area contributed by atoms with E-state index in [4.69, 9.17) is 5.11 Å². The molecule has 0 aliphatic heterocycles. The molecule has 0 aliphatic rings. The molecule has 0 radical (unpaired) electrons. The molecule has 0 fully saturated rings. The first-order valence-corrected chi connectivity index (χ1v) is 6.93. The van der Waals surface area contributed by atoms with Gasteiger partial charge in [-0.2, -0.15) is 0 Å². The van der Waals surface area contributed by atoms with Crippen LogP contribution in [0.3, 0.4) is 0 Å². The van der Waals surface area contributed by atoms with Gasteiger partial charge in [-0.05, 0) is 25.0 Å². The summed E-state index contributed by atoms with van der Waals surface area (Å²) in [5, 5.41) is 8.84. The van der Waals surface area contributed by atoms with Crippen LogP contribution in [0.15, 0.2) is 12.1 Å². The second-order valence-corrected chi connectivity index (χ2v) is 5.41. The van der Waals surface area contributed by atoms with E-state index < -0.39 is 5.97 Å². The molecular weight excluding hydrogens is 250 g/mol. The molecule has 0 aromatic carbocycles. The van der Waals surface area contributed by atoms with Crippen molar-refractivity contribution in [2.45, 2.75) is 27.2 Å². The van der Waals surface area contributed by atoms with Crippen molar-refractivity contribution in [2.24, 2.45) is 5.92 Å². The minimum atomic E-state index is -0.982. The Kier molecular flexibility index (Phi) is 5.34. The molecule has 5 heteroatoms. The molecule has 1 N–H and O–H groups in total. The van der Waals surface area contributed by atoms with Crippen LogP contribution in [0.25, 0.3) is 0 Å². The molecule has 1 heterocycles. The van der Waals surface area contributed by atoms with Crippen LogP contribution in [0.5, 0.6) is 0 Å². The van der Waals surface area contributed by atoms with E-state index in [1.54, 1.807) is 11.0 Å². The number of rotatable bonds is 6. The smallest absolute Gasteiger partial charge is 0.345 e. The lowest BCUT2D eigenvalue weighted by Gasteiger charge is -2.23. The number of carboxylic acid groups (broad SMARTS) is 1. The van der Waals surface area contributed by atoms with E-state index in [2.05, 4.69) is 13.8 Å². The second-order valence-electron chi connectivity index (χ2n) is 4.33. The summed E-state index contributed by atoms with van der Waals surface area (Å²) < 4.78 is 0. The topological polar surface area (TPSA) is 57.6 Å². The van der Waals surface area contributed by atoms with Gasteiger partial charge >= 0.3 is 5.97 Å². The Labute approximate surface area is 111 Å². The molecule has 18 heavy (non-hydrogen) atoms. The van der Waals surface area contributed by atoms with E-state index in [0.717, 1.165) is 17.8 Å². The van der Waals surface area contributed by atoms with Crippen molar-refractivity contribution in [1.29, 1.82) is 0 Å². The first kappa shape index (κ1) is 14.7. The number of carboxylic acids is 1. The highest BCUT2D eigenvalue weighted by atomic mass is 32.1. The minimum Gasteiger partial charge on any atom is -0.477 e. The number of aromatic carboxylic acids is 1. The van der Waals surface area contributed by atoms with Gasteiger partial charge in [0.25, 0.3) is 5.91 Å². The van der Waals surface area contributed by atoms with Crippen molar-refractivity contribution < 1.29 is 14.7 Å². The summed E-state index contributed by atoms with van der Waals surface area (Å²) >= 11 is 1.04. The zero-order valence-corrected chi connectivity index (χ0v) is 11.8. The first-order valence-electron chi connectivity index (χ1n) is 6.11. The maximum atomic E-state index is 12.2. The molecule has 0 bridgehead atoms. The van der Waals surface area contributed by atoms with E-state index in [9.17, 15) is 9.59 Å². The fourth-order valence-corrected chi connectivity index (χ4v) is 2.40. The number of thiophene rings is 1. The van der Waals surface area contributed by atoms with Gasteiger partial charge in [0.15, 0.2) is 0 Å². The largest absolute Gasteiger partial charge is 0.477 e. The lowest BCUT2D eigenvalue weighted by molar-refractivity contribution is 0.0701. The van der Waals surface area contributed by atoms with E-state index in [1.165, 1.54) is 6.07 Å². The fourth-order valence-electron chi connectivity index (χ4n) is 1.58. The zero-order valence-electron chi connectivity index (χ0n) is 11.0. The monoisotopic (exact) mass is 269 g/mol. The molecule has 0 aliphatic carbocycles. The van der Waals surface area contributed by atoms with Crippen molar-refractivity contribution in [3.8, 4) is 0 Å². The Morgan fingerprint density at radius 1 is 1.33 bits per heavy atom. The summed E-state index contributed by atoms with van der Waals surface area (Å²) in [5.41, 5.74) is 0. The van der Waals surface area contributed by atoms with E-state index in [1.807, 2.05) is 6.92 Å². The molecule has 1 aromatic heterocycles. The van der Waals surface area contributed by atoms with Crippen LogP contribution < -0.4 is 0 Å². The molecule has 0 saturated heterocycles. The van der Waals surface area contributed by atoms with E-state index in [-0.39, 0.29) is 10.8 Å². The number of amides is 1. The zero-order chi connectivity index (χ0) is 13.7. The van der Waals surface area contributed by atoms with Gasteiger partial charge in [-0.25, -0.2) is 4.79 Å². The summed E-state index contributed by atoms with van der Waals surface area (Å²) in [4.78, 5) is 25.5. The third-order valence-electron chi connectivity index (χ3n) is 2.93. The Bertz CT molecular complexity index is 428. The normalized spacial score (nSPS) is 12.2. The number of hydrogen-bond donors (Lipinski definition) is 1. The lowest BCUT2D eigenvalue weighted by Crippen LogP contribution is -2.34. The van der Waals surface area contributed by atoms with Crippen LogP contribution in [0.2, 0.25) is 0 Å². The third kappa shape index (κ3) is 3.57. The molecule has 1 aromatic rings. The van der Waals surface area contributed by atoms with Gasteiger partial charge in [-0.15, -0.1) is 11.3 Å². The average Bonchev–Trinajstić information content (AvgIpc) is 2.84. The van der Waals surface area contributed by atoms with Gasteiger partial charge in [0.05, 0.1) is 4.88 Å². The van der Waals surface area contributed by atoms with Gasteiger partial charge in [0.1, 0.15) is 4.88 Å². The number of nitrogens with zero attached hydrogens (tertiary/aromatic N) is 1. The van der Waals surface area contributed by atoms with Crippen LogP contribution in [0.4, 0.5) is 0 Å². The lowest BCUT2D eigenvalue weighted by atomic mass is 10.1. The summed E-state index contributed by atoms with van der Waals surface area (Å²) in [6.07, 6.45) is 1.02. The van der Waals surface area contributed by atoms with Crippen LogP contribution in [0, 0.1) is 5.92 Å². The number of carbonyl (C=O) groups is 2. The Balaban J connectivity index is 2.79. The van der Waals surface area contributed by atoms with E-state index in [0.29, 0.717) is 23.9 Å². The predicted molar refractivity (Wildman–Crippen MR) is 72.3 cm³/mol. The Morgan fingerprint density at radius 3 is 2.39 bits per heavy atom. The molecule has 4 nitrogen and oxygen atoms in total. The minimum absolute atomic E-state index is 0.0738. The Hall–Kier alpha value is -1.36.